The monoisotopic (exact) mass is 236 g/mol. The van der Waals surface area contributed by atoms with Crippen molar-refractivity contribution >= 4 is 11.6 Å². The van der Waals surface area contributed by atoms with Gasteiger partial charge in [-0.2, -0.15) is 5.26 Å². The van der Waals surface area contributed by atoms with Gasteiger partial charge >= 0.3 is 0 Å². The first kappa shape index (κ1) is 11.5. The van der Waals surface area contributed by atoms with Crippen molar-refractivity contribution < 1.29 is 13.6 Å². The van der Waals surface area contributed by atoms with E-state index in [0.717, 1.165) is 18.6 Å². The van der Waals surface area contributed by atoms with Crippen molar-refractivity contribution in [1.82, 2.24) is 0 Å². The van der Waals surface area contributed by atoms with Gasteiger partial charge in [-0.1, -0.05) is 6.07 Å². The number of rotatable bonds is 2. The molecule has 1 saturated carbocycles. The smallest absolute Gasteiger partial charge is 0.245 e. The predicted molar refractivity (Wildman–Crippen MR) is 56.9 cm³/mol. The second-order valence-electron chi connectivity index (χ2n) is 4.10. The molecule has 5 heteroatoms. The summed E-state index contributed by atoms with van der Waals surface area (Å²) in [6.07, 6.45) is 1.65. The molecule has 1 fully saturated rings. The summed E-state index contributed by atoms with van der Waals surface area (Å²) in [5.41, 5.74) is -1.60. The van der Waals surface area contributed by atoms with Gasteiger partial charge in [0.1, 0.15) is 22.7 Å². The highest BCUT2D eigenvalue weighted by Crippen LogP contribution is 2.41. The lowest BCUT2D eigenvalue weighted by atomic mass is 9.69. The Hall–Kier alpha value is -1.96. The van der Waals surface area contributed by atoms with Crippen LogP contribution in [-0.4, -0.2) is 5.91 Å². The number of nitrogens with zero attached hydrogens (tertiary/aromatic N) is 1. The lowest BCUT2D eigenvalue weighted by Gasteiger charge is -2.33. The lowest BCUT2D eigenvalue weighted by Crippen LogP contribution is -2.41. The van der Waals surface area contributed by atoms with Crippen LogP contribution in [0.4, 0.5) is 14.5 Å². The van der Waals surface area contributed by atoms with Crippen molar-refractivity contribution in [2.24, 2.45) is 5.41 Å². The SMILES string of the molecule is N#CC1(C(=O)Nc2c(F)cccc2F)CCC1. The van der Waals surface area contributed by atoms with Crippen LogP contribution >= 0.6 is 0 Å². The van der Waals surface area contributed by atoms with E-state index >= 15 is 0 Å². The van der Waals surface area contributed by atoms with Crippen molar-refractivity contribution in [2.45, 2.75) is 19.3 Å². The summed E-state index contributed by atoms with van der Waals surface area (Å²) in [5.74, 6) is -2.31. The number of carbonyl (C=O) groups excluding carboxylic acids is 1. The quantitative estimate of drug-likeness (QED) is 0.858. The van der Waals surface area contributed by atoms with E-state index in [-0.39, 0.29) is 0 Å². The number of hydrogen-bond donors (Lipinski definition) is 1. The molecule has 0 aromatic heterocycles. The Bertz CT molecular complexity index is 483. The first-order chi connectivity index (χ1) is 8.09. The van der Waals surface area contributed by atoms with Crippen molar-refractivity contribution in [3.63, 3.8) is 0 Å². The summed E-state index contributed by atoms with van der Waals surface area (Å²) >= 11 is 0. The van der Waals surface area contributed by atoms with Gasteiger partial charge in [-0.25, -0.2) is 8.78 Å². The molecular formula is C12H10F2N2O. The van der Waals surface area contributed by atoms with Crippen LogP contribution in [0.5, 0.6) is 0 Å². The summed E-state index contributed by atoms with van der Waals surface area (Å²) in [6.45, 7) is 0. The Morgan fingerprint density at radius 1 is 1.35 bits per heavy atom. The Labute approximate surface area is 97.1 Å². The van der Waals surface area contributed by atoms with Gasteiger partial charge in [0, 0.05) is 0 Å². The molecule has 0 aliphatic heterocycles. The molecule has 0 radical (unpaired) electrons. The third-order valence-electron chi connectivity index (χ3n) is 3.06. The zero-order valence-corrected chi connectivity index (χ0v) is 8.96. The van der Waals surface area contributed by atoms with Crippen molar-refractivity contribution in [1.29, 1.82) is 5.26 Å². The van der Waals surface area contributed by atoms with Crippen LogP contribution in [0.1, 0.15) is 19.3 Å². The van der Waals surface area contributed by atoms with Gasteiger partial charge in [0.25, 0.3) is 0 Å². The maximum absolute atomic E-state index is 13.3. The maximum atomic E-state index is 13.3. The largest absolute Gasteiger partial charge is 0.320 e. The highest BCUT2D eigenvalue weighted by molar-refractivity contribution is 5.98. The van der Waals surface area contributed by atoms with E-state index in [4.69, 9.17) is 5.26 Å². The third kappa shape index (κ3) is 1.86. The molecule has 0 unspecified atom stereocenters. The minimum Gasteiger partial charge on any atom is -0.320 e. The predicted octanol–water partition coefficient (Wildman–Crippen LogP) is 2.60. The van der Waals surface area contributed by atoms with Crippen LogP contribution < -0.4 is 5.32 Å². The highest BCUT2D eigenvalue weighted by atomic mass is 19.1. The molecule has 17 heavy (non-hydrogen) atoms. The number of para-hydroxylation sites is 1. The first-order valence-corrected chi connectivity index (χ1v) is 5.26. The fourth-order valence-electron chi connectivity index (χ4n) is 1.77. The molecule has 1 aromatic rings. The van der Waals surface area contributed by atoms with E-state index in [1.165, 1.54) is 6.07 Å². The Kier molecular flexibility index (Phi) is 2.80. The number of hydrogen-bond acceptors (Lipinski definition) is 2. The van der Waals surface area contributed by atoms with E-state index in [1.54, 1.807) is 0 Å². The molecule has 88 valence electrons. The number of carbonyl (C=O) groups is 1. The molecule has 1 aliphatic rings. The zero-order valence-electron chi connectivity index (χ0n) is 8.96. The van der Waals surface area contributed by atoms with Crippen molar-refractivity contribution in [3.05, 3.63) is 29.8 Å². The highest BCUT2D eigenvalue weighted by Gasteiger charge is 2.45. The van der Waals surface area contributed by atoms with E-state index in [1.807, 2.05) is 6.07 Å². The van der Waals surface area contributed by atoms with E-state index in [9.17, 15) is 13.6 Å². The summed E-state index contributed by atoms with van der Waals surface area (Å²) < 4.78 is 26.6. The Morgan fingerprint density at radius 3 is 2.35 bits per heavy atom. The number of nitriles is 1. The van der Waals surface area contributed by atoms with Crippen molar-refractivity contribution in [3.8, 4) is 6.07 Å². The average Bonchev–Trinajstić information content (AvgIpc) is 2.23. The summed E-state index contributed by atoms with van der Waals surface area (Å²) in [7, 11) is 0. The van der Waals surface area contributed by atoms with Crippen LogP contribution in [0.3, 0.4) is 0 Å². The van der Waals surface area contributed by atoms with Crippen LogP contribution in [0, 0.1) is 28.4 Å². The molecule has 1 aliphatic carbocycles. The average molecular weight is 236 g/mol. The molecule has 1 amide bonds. The minimum atomic E-state index is -1.12. The normalized spacial score (nSPS) is 16.8. The fourth-order valence-corrected chi connectivity index (χ4v) is 1.77. The molecule has 0 atom stereocenters. The zero-order chi connectivity index (χ0) is 12.5. The minimum absolute atomic E-state index is 0.436. The van der Waals surface area contributed by atoms with Gasteiger partial charge < -0.3 is 5.32 Å². The number of benzene rings is 1. The molecule has 0 spiro atoms. The molecule has 0 heterocycles. The molecule has 1 N–H and O–H groups in total. The van der Waals surface area contributed by atoms with Crippen molar-refractivity contribution in [2.75, 3.05) is 5.32 Å². The number of halogens is 2. The van der Waals surface area contributed by atoms with Crippen LogP contribution in [0.25, 0.3) is 0 Å². The topological polar surface area (TPSA) is 52.9 Å². The van der Waals surface area contributed by atoms with Gasteiger partial charge in [-0.05, 0) is 31.4 Å². The maximum Gasteiger partial charge on any atom is 0.245 e. The second kappa shape index (κ2) is 4.13. The second-order valence-corrected chi connectivity index (χ2v) is 4.10. The molecule has 1 aromatic carbocycles. The number of amides is 1. The molecule has 0 saturated heterocycles. The molecule has 2 rings (SSSR count). The van der Waals surface area contributed by atoms with Gasteiger partial charge in [0.2, 0.25) is 5.91 Å². The van der Waals surface area contributed by atoms with Crippen LogP contribution in [0.2, 0.25) is 0 Å². The summed E-state index contributed by atoms with van der Waals surface area (Å²) in [6, 6.07) is 5.24. The number of nitrogens with one attached hydrogen (secondary N) is 1. The first-order valence-electron chi connectivity index (χ1n) is 5.26. The third-order valence-corrected chi connectivity index (χ3v) is 3.06. The van der Waals surface area contributed by atoms with Gasteiger partial charge in [0.15, 0.2) is 0 Å². The van der Waals surface area contributed by atoms with E-state index < -0.39 is 28.6 Å². The van der Waals surface area contributed by atoms with E-state index in [0.29, 0.717) is 12.8 Å². The van der Waals surface area contributed by atoms with Gasteiger partial charge in [-0.3, -0.25) is 4.79 Å². The molecular weight excluding hydrogens is 226 g/mol. The lowest BCUT2D eigenvalue weighted by molar-refractivity contribution is -0.126. The van der Waals surface area contributed by atoms with Crippen LogP contribution in [0.15, 0.2) is 18.2 Å². The Balaban J connectivity index is 2.22. The standard InChI is InChI=1S/C12H10F2N2O/c13-8-3-1-4-9(14)10(8)16-11(17)12(7-15)5-2-6-12/h1,3-4H,2,5-6H2,(H,16,17). The molecule has 3 nitrogen and oxygen atoms in total. The molecule has 0 bridgehead atoms. The van der Waals surface area contributed by atoms with Crippen LogP contribution in [-0.2, 0) is 4.79 Å². The number of anilines is 1. The summed E-state index contributed by atoms with van der Waals surface area (Å²) in [5, 5.41) is 11.1. The fraction of sp³-hybridized carbons (Fsp3) is 0.333. The van der Waals surface area contributed by atoms with Gasteiger partial charge in [0.05, 0.1) is 6.07 Å². The van der Waals surface area contributed by atoms with Gasteiger partial charge in [-0.15, -0.1) is 0 Å². The Morgan fingerprint density at radius 2 is 1.94 bits per heavy atom. The van der Waals surface area contributed by atoms with E-state index in [2.05, 4.69) is 5.32 Å². The summed E-state index contributed by atoms with van der Waals surface area (Å²) in [4.78, 5) is 11.8.